The number of hydrogen-bond donors (Lipinski definition) is 1. The molecule has 3 rings (SSSR count). The van der Waals surface area contributed by atoms with Gasteiger partial charge >= 0.3 is 0 Å². The minimum absolute atomic E-state index is 0.103. The van der Waals surface area contributed by atoms with E-state index in [2.05, 4.69) is 15.1 Å². The zero-order chi connectivity index (χ0) is 20.5. The summed E-state index contributed by atoms with van der Waals surface area (Å²) in [5.74, 6) is 0.606. The molecule has 1 N–H and O–H groups in total. The number of nitrogens with one attached hydrogen (secondary N) is 1. The van der Waals surface area contributed by atoms with Crippen molar-refractivity contribution in [1.82, 2.24) is 19.7 Å². The van der Waals surface area contributed by atoms with Crippen LogP contribution in [0, 0.1) is 6.92 Å². The first-order chi connectivity index (χ1) is 13.3. The zero-order valence-electron chi connectivity index (χ0n) is 15.8. The Balaban J connectivity index is 2.27. The number of aryl methyl sites for hydroxylation is 2. The lowest BCUT2D eigenvalue weighted by atomic mass is 10.2. The number of aromatic nitrogens is 4. The number of aromatic amines is 1. The van der Waals surface area contributed by atoms with Gasteiger partial charge in [-0.25, -0.2) is 18.1 Å². The molecule has 0 aliphatic rings. The molecule has 0 saturated heterocycles. The van der Waals surface area contributed by atoms with Crippen LogP contribution < -0.4 is 10.3 Å². The number of hydrogen-bond acceptors (Lipinski definition) is 6. The summed E-state index contributed by atoms with van der Waals surface area (Å²) in [5, 5.41) is 4.80. The lowest BCUT2D eigenvalue weighted by Crippen LogP contribution is -2.12. The van der Waals surface area contributed by atoms with Crippen LogP contribution in [0.2, 0.25) is 0 Å². The normalized spacial score (nSPS) is 11.9. The molecule has 0 saturated carbocycles. The first kappa shape index (κ1) is 20.3. The van der Waals surface area contributed by atoms with E-state index in [1.165, 1.54) is 18.2 Å². The molecule has 0 spiro atoms. The predicted molar refractivity (Wildman–Crippen MR) is 107 cm³/mol. The van der Waals surface area contributed by atoms with Gasteiger partial charge in [-0.15, -0.1) is 0 Å². The average Bonchev–Trinajstić information content (AvgIpc) is 2.95. The van der Waals surface area contributed by atoms with Crippen molar-refractivity contribution < 1.29 is 13.2 Å². The van der Waals surface area contributed by atoms with Gasteiger partial charge in [0.1, 0.15) is 17.0 Å². The van der Waals surface area contributed by atoms with Gasteiger partial charge in [0, 0.05) is 17.2 Å². The average molecular weight is 425 g/mol. The van der Waals surface area contributed by atoms with E-state index in [0.29, 0.717) is 41.2 Å². The van der Waals surface area contributed by atoms with Crippen LogP contribution in [0.5, 0.6) is 5.75 Å². The van der Waals surface area contributed by atoms with Crippen LogP contribution in [0.1, 0.15) is 32.4 Å². The summed E-state index contributed by atoms with van der Waals surface area (Å²) in [6, 6.07) is 4.23. The molecule has 3 aromatic rings. The highest BCUT2D eigenvalue weighted by molar-refractivity contribution is 8.13. The van der Waals surface area contributed by atoms with Crippen molar-refractivity contribution in [1.29, 1.82) is 0 Å². The molecule has 0 unspecified atom stereocenters. The fourth-order valence-corrected chi connectivity index (χ4v) is 3.71. The zero-order valence-corrected chi connectivity index (χ0v) is 17.4. The first-order valence-corrected chi connectivity index (χ1v) is 11.3. The predicted octanol–water partition coefficient (Wildman–Crippen LogP) is 3.22. The van der Waals surface area contributed by atoms with Gasteiger partial charge in [-0.3, -0.25) is 4.79 Å². The molecule has 1 aromatic carbocycles. The fraction of sp³-hybridized carbons (Fsp3) is 0.389. The Bertz CT molecular complexity index is 1180. The molecule has 150 valence electrons. The van der Waals surface area contributed by atoms with E-state index in [0.717, 1.165) is 12.8 Å². The highest BCUT2D eigenvalue weighted by atomic mass is 35.7. The van der Waals surface area contributed by atoms with Crippen LogP contribution in [0.3, 0.4) is 0 Å². The molecule has 2 aromatic heterocycles. The largest absolute Gasteiger partial charge is 0.493 e. The lowest BCUT2D eigenvalue weighted by molar-refractivity contribution is 0.318. The summed E-state index contributed by atoms with van der Waals surface area (Å²) in [6.07, 6.45) is 1.59. The Kier molecular flexibility index (Phi) is 5.76. The number of halogens is 1. The van der Waals surface area contributed by atoms with Crippen LogP contribution in [0.25, 0.3) is 22.4 Å². The van der Waals surface area contributed by atoms with Crippen molar-refractivity contribution in [3.8, 4) is 17.1 Å². The fourth-order valence-electron chi connectivity index (χ4n) is 2.93. The van der Waals surface area contributed by atoms with Crippen molar-refractivity contribution in [2.75, 3.05) is 6.61 Å². The summed E-state index contributed by atoms with van der Waals surface area (Å²) >= 11 is 0. The van der Waals surface area contributed by atoms with Crippen molar-refractivity contribution in [3.05, 3.63) is 34.2 Å². The molecule has 0 atom stereocenters. The number of fused-ring (bicyclic) bond motifs is 1. The number of benzene rings is 1. The van der Waals surface area contributed by atoms with E-state index < -0.39 is 9.05 Å². The molecule has 28 heavy (non-hydrogen) atoms. The number of H-pyrrole nitrogens is 1. The van der Waals surface area contributed by atoms with Gasteiger partial charge < -0.3 is 9.72 Å². The highest BCUT2D eigenvalue weighted by Gasteiger charge is 2.19. The third-order valence-corrected chi connectivity index (χ3v) is 5.51. The smallest absolute Gasteiger partial charge is 0.262 e. The van der Waals surface area contributed by atoms with Crippen LogP contribution in [0.4, 0.5) is 0 Å². The maximum atomic E-state index is 12.7. The highest BCUT2D eigenvalue weighted by Crippen LogP contribution is 2.32. The van der Waals surface area contributed by atoms with E-state index >= 15 is 0 Å². The number of rotatable bonds is 7. The monoisotopic (exact) mass is 424 g/mol. The van der Waals surface area contributed by atoms with Gasteiger partial charge in [0.15, 0.2) is 5.65 Å². The summed E-state index contributed by atoms with van der Waals surface area (Å²) < 4.78 is 31.0. The SMILES string of the molecule is CCCOc1ccc(S(=O)(=O)Cl)cc1-c1nc2c(c(C)nn2CCC)c(=O)[nH]1. The van der Waals surface area contributed by atoms with Crippen LogP contribution in [-0.4, -0.2) is 34.8 Å². The van der Waals surface area contributed by atoms with Crippen molar-refractivity contribution in [2.45, 2.75) is 45.1 Å². The molecule has 8 nitrogen and oxygen atoms in total. The molecule has 0 aliphatic carbocycles. The van der Waals surface area contributed by atoms with E-state index in [-0.39, 0.29) is 16.3 Å². The quantitative estimate of drug-likeness (QED) is 0.583. The summed E-state index contributed by atoms with van der Waals surface area (Å²) in [7, 11) is 1.54. The van der Waals surface area contributed by atoms with Gasteiger partial charge in [-0.2, -0.15) is 5.10 Å². The molecular weight excluding hydrogens is 404 g/mol. The lowest BCUT2D eigenvalue weighted by Gasteiger charge is -2.12. The van der Waals surface area contributed by atoms with Gasteiger partial charge in [-0.1, -0.05) is 13.8 Å². The minimum atomic E-state index is -3.96. The standard InChI is InChI=1S/C18H21ClN4O4S/c1-4-8-23-17-15(11(3)22-23)18(24)21-16(20-17)13-10-12(28(19,25)26)6-7-14(13)27-9-5-2/h6-7,10H,4-5,8-9H2,1-3H3,(H,20,21,24). The molecule has 0 aliphatic heterocycles. The summed E-state index contributed by atoms with van der Waals surface area (Å²) in [6.45, 7) is 6.74. The van der Waals surface area contributed by atoms with Crippen molar-refractivity contribution in [3.63, 3.8) is 0 Å². The second-order valence-corrected chi connectivity index (χ2v) is 8.93. The molecular formula is C18H21ClN4O4S. The van der Waals surface area contributed by atoms with E-state index in [4.69, 9.17) is 15.4 Å². The topological polar surface area (TPSA) is 107 Å². The van der Waals surface area contributed by atoms with E-state index in [1.54, 1.807) is 11.6 Å². The Morgan fingerprint density at radius 1 is 1.25 bits per heavy atom. The van der Waals surface area contributed by atoms with E-state index in [1.807, 2.05) is 13.8 Å². The van der Waals surface area contributed by atoms with Crippen LogP contribution in [0.15, 0.2) is 27.9 Å². The summed E-state index contributed by atoms with van der Waals surface area (Å²) in [5.41, 5.74) is 1.03. The second-order valence-electron chi connectivity index (χ2n) is 6.37. The molecule has 0 fully saturated rings. The third-order valence-electron chi connectivity index (χ3n) is 4.16. The minimum Gasteiger partial charge on any atom is -0.493 e. The molecule has 0 amide bonds. The van der Waals surface area contributed by atoms with Gasteiger partial charge in [0.05, 0.1) is 22.8 Å². The summed E-state index contributed by atoms with van der Waals surface area (Å²) in [4.78, 5) is 19.9. The van der Waals surface area contributed by atoms with E-state index in [9.17, 15) is 13.2 Å². The van der Waals surface area contributed by atoms with Gasteiger partial charge in [-0.05, 0) is 38.0 Å². The Hall–Kier alpha value is -2.39. The van der Waals surface area contributed by atoms with Crippen LogP contribution in [-0.2, 0) is 15.6 Å². The first-order valence-electron chi connectivity index (χ1n) is 8.95. The molecule has 0 bridgehead atoms. The van der Waals surface area contributed by atoms with Gasteiger partial charge in [0.25, 0.3) is 14.6 Å². The number of ether oxygens (including phenoxy) is 1. The third kappa shape index (κ3) is 3.90. The van der Waals surface area contributed by atoms with Crippen LogP contribution >= 0.6 is 10.7 Å². The number of nitrogens with zero attached hydrogens (tertiary/aromatic N) is 3. The molecule has 2 heterocycles. The second kappa shape index (κ2) is 7.92. The van der Waals surface area contributed by atoms with Crippen molar-refractivity contribution in [2.24, 2.45) is 0 Å². The molecule has 10 heteroatoms. The Labute approximate surface area is 166 Å². The maximum absolute atomic E-state index is 12.7. The maximum Gasteiger partial charge on any atom is 0.262 e. The molecule has 0 radical (unpaired) electrons. The van der Waals surface area contributed by atoms with Crippen molar-refractivity contribution >= 4 is 30.8 Å². The van der Waals surface area contributed by atoms with Gasteiger partial charge in [0.2, 0.25) is 0 Å². The Morgan fingerprint density at radius 2 is 2.00 bits per heavy atom. The Morgan fingerprint density at radius 3 is 2.64 bits per heavy atom.